The standard InChI is InChI=1S/C49H28N6/c50-28-31-26-34(53-41-19-7-1-13-35(41)36-14-2-8-20-42(36)53)27-47(54-43-21-9-3-15-37(43)38-16-4-10-22-44(38)54)48(31)33-25-32(29-51)49(52-30-33)55-45-23-11-5-17-39(45)40-18-6-12-24-46(40)55/h1-27,30H. The van der Waals surface area contributed by atoms with Crippen molar-refractivity contribution < 1.29 is 0 Å². The van der Waals surface area contributed by atoms with Crippen LogP contribution in [0.25, 0.3) is 93.7 Å². The number of benzene rings is 7. The van der Waals surface area contributed by atoms with E-state index in [0.29, 0.717) is 28.1 Å². The maximum absolute atomic E-state index is 11.1. The Bertz CT molecular complexity index is 3310. The normalized spacial score (nSPS) is 11.6. The van der Waals surface area contributed by atoms with Gasteiger partial charge in [-0.2, -0.15) is 10.5 Å². The Labute approximate surface area is 315 Å². The van der Waals surface area contributed by atoms with E-state index in [9.17, 15) is 10.5 Å². The predicted molar refractivity (Wildman–Crippen MR) is 222 cm³/mol. The first kappa shape index (κ1) is 30.7. The van der Waals surface area contributed by atoms with Crippen LogP contribution in [0.2, 0.25) is 0 Å². The van der Waals surface area contributed by atoms with Gasteiger partial charge in [-0.25, -0.2) is 4.98 Å². The van der Waals surface area contributed by atoms with Crippen molar-refractivity contribution in [2.75, 3.05) is 0 Å². The fourth-order valence-electron chi connectivity index (χ4n) is 8.70. The summed E-state index contributed by atoms with van der Waals surface area (Å²) in [6.07, 6.45) is 1.81. The highest BCUT2D eigenvalue weighted by Gasteiger charge is 2.24. The van der Waals surface area contributed by atoms with Gasteiger partial charge in [-0.05, 0) is 54.6 Å². The maximum Gasteiger partial charge on any atom is 0.155 e. The van der Waals surface area contributed by atoms with Crippen molar-refractivity contribution in [3.8, 4) is 40.5 Å². The Balaban J connectivity index is 1.24. The van der Waals surface area contributed by atoms with Gasteiger partial charge in [0.15, 0.2) is 5.82 Å². The average molecular weight is 701 g/mol. The van der Waals surface area contributed by atoms with Crippen LogP contribution in [0.4, 0.5) is 0 Å². The largest absolute Gasteiger partial charge is 0.309 e. The van der Waals surface area contributed by atoms with Crippen LogP contribution in [0.1, 0.15) is 11.1 Å². The van der Waals surface area contributed by atoms with Gasteiger partial charge in [0.2, 0.25) is 0 Å². The zero-order valence-corrected chi connectivity index (χ0v) is 29.3. The molecule has 0 aliphatic heterocycles. The quantitative estimate of drug-likeness (QED) is 0.183. The van der Waals surface area contributed by atoms with E-state index in [1.165, 1.54) is 0 Å². The molecule has 0 amide bonds. The van der Waals surface area contributed by atoms with E-state index in [0.717, 1.165) is 76.8 Å². The molecule has 0 N–H and O–H groups in total. The van der Waals surface area contributed by atoms with E-state index in [2.05, 4.69) is 153 Å². The predicted octanol–water partition coefficient (Wildman–Crippen LogP) is 11.8. The summed E-state index contributed by atoms with van der Waals surface area (Å²) in [7, 11) is 0. The number of para-hydroxylation sites is 6. The minimum absolute atomic E-state index is 0.410. The highest BCUT2D eigenvalue weighted by Crippen LogP contribution is 2.42. The number of hydrogen-bond acceptors (Lipinski definition) is 3. The Morgan fingerprint density at radius 2 is 0.782 bits per heavy atom. The molecule has 4 heterocycles. The van der Waals surface area contributed by atoms with Crippen LogP contribution in [0.3, 0.4) is 0 Å². The number of pyridine rings is 1. The Kier molecular flexibility index (Phi) is 6.58. The van der Waals surface area contributed by atoms with Gasteiger partial charge in [0.25, 0.3) is 0 Å². The van der Waals surface area contributed by atoms with Crippen molar-refractivity contribution in [1.82, 2.24) is 18.7 Å². The third-order valence-electron chi connectivity index (χ3n) is 10.9. The van der Waals surface area contributed by atoms with Crippen LogP contribution in [0.15, 0.2) is 170 Å². The molecule has 0 unspecified atom stereocenters. The van der Waals surface area contributed by atoms with E-state index in [-0.39, 0.29) is 0 Å². The molecule has 0 aliphatic carbocycles. The van der Waals surface area contributed by atoms with Crippen molar-refractivity contribution in [2.45, 2.75) is 0 Å². The van der Waals surface area contributed by atoms with Crippen molar-refractivity contribution in [3.05, 3.63) is 181 Å². The Morgan fingerprint density at radius 1 is 0.400 bits per heavy atom. The molecule has 0 spiro atoms. The molecule has 0 saturated carbocycles. The first-order valence-electron chi connectivity index (χ1n) is 18.2. The second-order valence-corrected chi connectivity index (χ2v) is 13.8. The molecule has 55 heavy (non-hydrogen) atoms. The number of aromatic nitrogens is 4. The van der Waals surface area contributed by atoms with E-state index in [4.69, 9.17) is 4.98 Å². The van der Waals surface area contributed by atoms with Gasteiger partial charge in [0.05, 0.1) is 56.0 Å². The number of fused-ring (bicyclic) bond motifs is 9. The second-order valence-electron chi connectivity index (χ2n) is 13.8. The van der Waals surface area contributed by atoms with Gasteiger partial charge < -0.3 is 9.13 Å². The lowest BCUT2D eigenvalue weighted by Gasteiger charge is -2.19. The smallest absolute Gasteiger partial charge is 0.155 e. The zero-order valence-electron chi connectivity index (χ0n) is 29.3. The molecule has 0 aliphatic rings. The maximum atomic E-state index is 11.1. The summed E-state index contributed by atoms with van der Waals surface area (Å²) in [5.74, 6) is 0.544. The highest BCUT2D eigenvalue weighted by molar-refractivity contribution is 6.12. The Morgan fingerprint density at radius 3 is 1.20 bits per heavy atom. The van der Waals surface area contributed by atoms with Crippen molar-refractivity contribution in [1.29, 1.82) is 10.5 Å². The first-order chi connectivity index (χ1) is 27.2. The van der Waals surface area contributed by atoms with Gasteiger partial charge >= 0.3 is 0 Å². The molecular weight excluding hydrogens is 673 g/mol. The van der Waals surface area contributed by atoms with Crippen molar-refractivity contribution in [2.24, 2.45) is 0 Å². The van der Waals surface area contributed by atoms with Gasteiger partial charge in [-0.1, -0.05) is 109 Å². The molecule has 0 atom stereocenters. The minimum Gasteiger partial charge on any atom is -0.309 e. The number of nitriles is 2. The van der Waals surface area contributed by atoms with Gasteiger partial charge in [-0.3, -0.25) is 4.57 Å². The summed E-state index contributed by atoms with van der Waals surface area (Å²) in [4.78, 5) is 5.06. The lowest BCUT2D eigenvalue weighted by atomic mass is 9.96. The summed E-state index contributed by atoms with van der Waals surface area (Å²) < 4.78 is 6.57. The molecule has 11 aromatic rings. The van der Waals surface area contributed by atoms with E-state index in [1.54, 1.807) is 0 Å². The molecule has 6 nitrogen and oxygen atoms in total. The van der Waals surface area contributed by atoms with E-state index < -0.39 is 0 Å². The highest BCUT2D eigenvalue weighted by atomic mass is 15.1. The van der Waals surface area contributed by atoms with E-state index in [1.807, 2.05) is 42.6 Å². The molecule has 254 valence electrons. The van der Waals surface area contributed by atoms with Crippen LogP contribution in [-0.4, -0.2) is 18.7 Å². The zero-order chi connectivity index (χ0) is 36.6. The molecule has 0 radical (unpaired) electrons. The summed E-state index contributed by atoms with van der Waals surface area (Å²) in [5.41, 5.74) is 10.0. The molecule has 0 saturated heterocycles. The lowest BCUT2D eigenvalue weighted by molar-refractivity contribution is 1.07. The fraction of sp³-hybridized carbons (Fsp3) is 0. The summed E-state index contributed by atoms with van der Waals surface area (Å²) >= 11 is 0. The summed E-state index contributed by atoms with van der Waals surface area (Å²) in [6, 6.07) is 61.1. The SMILES string of the molecule is N#Cc1cc(-c2c(C#N)cc(-n3c4ccccc4c4ccccc43)cc2-n2c3ccccc3c3ccccc32)cnc1-n1c2ccccc2c2ccccc21. The van der Waals surface area contributed by atoms with Crippen LogP contribution in [0.5, 0.6) is 0 Å². The van der Waals surface area contributed by atoms with Crippen LogP contribution in [-0.2, 0) is 0 Å². The average Bonchev–Trinajstić information content (AvgIpc) is 3.89. The number of nitrogens with zero attached hydrogens (tertiary/aromatic N) is 6. The molecule has 6 heteroatoms. The summed E-state index contributed by atoms with van der Waals surface area (Å²) in [5, 5.41) is 28.6. The van der Waals surface area contributed by atoms with Crippen LogP contribution >= 0.6 is 0 Å². The molecular formula is C49H28N6. The van der Waals surface area contributed by atoms with Crippen LogP contribution < -0.4 is 0 Å². The summed E-state index contributed by atoms with van der Waals surface area (Å²) in [6.45, 7) is 0. The Hall–Kier alpha value is -7.93. The number of rotatable bonds is 4. The van der Waals surface area contributed by atoms with Gasteiger partial charge in [0.1, 0.15) is 6.07 Å². The minimum atomic E-state index is 0.410. The van der Waals surface area contributed by atoms with Crippen LogP contribution in [0, 0.1) is 22.7 Å². The second kappa shape index (κ2) is 11.8. The lowest BCUT2D eigenvalue weighted by Crippen LogP contribution is -2.05. The molecule has 0 fully saturated rings. The fourth-order valence-corrected chi connectivity index (χ4v) is 8.70. The molecule has 7 aromatic carbocycles. The third kappa shape index (κ3) is 4.37. The van der Waals surface area contributed by atoms with Gasteiger partial charge in [0, 0.05) is 55.3 Å². The monoisotopic (exact) mass is 700 g/mol. The van der Waals surface area contributed by atoms with Crippen molar-refractivity contribution in [3.63, 3.8) is 0 Å². The topological polar surface area (TPSA) is 75.3 Å². The first-order valence-corrected chi connectivity index (χ1v) is 18.2. The third-order valence-corrected chi connectivity index (χ3v) is 10.9. The van der Waals surface area contributed by atoms with Crippen molar-refractivity contribution >= 4 is 65.4 Å². The van der Waals surface area contributed by atoms with E-state index >= 15 is 0 Å². The van der Waals surface area contributed by atoms with Gasteiger partial charge in [-0.15, -0.1) is 0 Å². The molecule has 4 aromatic heterocycles. The number of hydrogen-bond donors (Lipinski definition) is 0. The molecule has 11 rings (SSSR count). The molecule has 0 bridgehead atoms.